The van der Waals surface area contributed by atoms with Crippen LogP contribution in [0.5, 0.6) is 11.5 Å². The molecule has 0 spiro atoms. The summed E-state index contributed by atoms with van der Waals surface area (Å²) < 4.78 is 13.3. The number of ether oxygens (including phenoxy) is 1. The van der Waals surface area contributed by atoms with E-state index in [0.29, 0.717) is 0 Å². The van der Waals surface area contributed by atoms with Gasteiger partial charge in [-0.15, -0.1) is 0 Å². The van der Waals surface area contributed by atoms with Gasteiger partial charge in [0.15, 0.2) is 0 Å². The number of rotatable bonds is 5. The lowest BCUT2D eigenvalue weighted by molar-refractivity contribution is 0.487. The first-order valence-electron chi connectivity index (χ1n) is 19.5. The molecule has 0 radical (unpaired) electrons. The summed E-state index contributed by atoms with van der Waals surface area (Å²) in [6.07, 6.45) is 0. The topological polar surface area (TPSA) is 28.9 Å². The average Bonchev–Trinajstić information content (AvgIpc) is 3.65. The molecule has 9 aromatic carbocycles. The number of benzene rings is 9. The Balaban J connectivity index is 1.05. The lowest BCUT2D eigenvalue weighted by atomic mass is 9.33. The highest BCUT2D eigenvalue weighted by molar-refractivity contribution is 7.00. The molecule has 12 rings (SSSR count). The summed E-state index contributed by atoms with van der Waals surface area (Å²) in [6.45, 7) is -0.0256. The van der Waals surface area contributed by atoms with Crippen LogP contribution in [0.15, 0.2) is 205 Å². The number of anilines is 6. The Bertz CT molecular complexity index is 3180. The molecule has 0 saturated carbocycles. The summed E-state index contributed by atoms with van der Waals surface area (Å²) in [7, 11) is 0. The van der Waals surface area contributed by atoms with Gasteiger partial charge in [-0.2, -0.15) is 0 Å². The van der Waals surface area contributed by atoms with Gasteiger partial charge >= 0.3 is 0 Å². The van der Waals surface area contributed by atoms with Crippen molar-refractivity contribution in [2.75, 3.05) is 9.80 Å². The molecular formula is C52H33BN2O2. The summed E-state index contributed by atoms with van der Waals surface area (Å²) in [5.74, 6) is 1.74. The molecule has 0 aliphatic carbocycles. The minimum atomic E-state index is -0.0256. The maximum Gasteiger partial charge on any atom is 0.257 e. The van der Waals surface area contributed by atoms with E-state index in [-0.39, 0.29) is 6.71 Å². The van der Waals surface area contributed by atoms with E-state index in [1.807, 2.05) is 12.1 Å². The molecular weight excluding hydrogens is 695 g/mol. The number of furan rings is 1. The number of nitrogens with zero attached hydrogens (tertiary/aromatic N) is 2. The first-order valence-corrected chi connectivity index (χ1v) is 19.5. The predicted octanol–water partition coefficient (Wildman–Crippen LogP) is 12.3. The molecule has 1 aromatic heterocycles. The fourth-order valence-electron chi connectivity index (χ4n) is 9.17. The Morgan fingerprint density at radius 2 is 1.09 bits per heavy atom. The van der Waals surface area contributed by atoms with Crippen molar-refractivity contribution in [3.63, 3.8) is 0 Å². The molecule has 5 heteroatoms. The Hall–Kier alpha value is -7.50. The van der Waals surface area contributed by atoms with Gasteiger partial charge in [-0.1, -0.05) is 121 Å². The van der Waals surface area contributed by atoms with E-state index < -0.39 is 0 Å². The van der Waals surface area contributed by atoms with Gasteiger partial charge in [0.2, 0.25) is 0 Å². The minimum Gasteiger partial charge on any atom is -0.458 e. The second kappa shape index (κ2) is 12.5. The summed E-state index contributed by atoms with van der Waals surface area (Å²) in [6, 6.07) is 71.3. The average molecular weight is 729 g/mol. The number of para-hydroxylation sites is 2. The third kappa shape index (κ3) is 4.95. The molecule has 0 amide bonds. The second-order valence-corrected chi connectivity index (χ2v) is 14.9. The number of fused-ring (bicyclic) bond motifs is 9. The molecule has 0 saturated heterocycles. The van der Waals surface area contributed by atoms with Gasteiger partial charge in [-0.05, 0) is 111 Å². The van der Waals surface area contributed by atoms with Crippen molar-refractivity contribution in [2.45, 2.75) is 0 Å². The van der Waals surface area contributed by atoms with Crippen LogP contribution in [-0.4, -0.2) is 6.71 Å². The van der Waals surface area contributed by atoms with Crippen molar-refractivity contribution in [1.29, 1.82) is 0 Å². The zero-order chi connectivity index (χ0) is 37.5. The summed E-state index contributed by atoms with van der Waals surface area (Å²) >= 11 is 0. The standard InChI is InChI=1S/C52H33BN2O2/c1-3-12-34(13-4-1)35-22-25-38(26-23-35)54(39-28-31-48-43(32-39)42-18-9-10-20-47(42)56-48)40-27-29-44-50(33-40)57-49-21-11-19-45-52(49)53(44)51-41-17-8-7-14-36(41)24-30-46(51)55(45)37-15-5-2-6-16-37/h1-33H. The maximum atomic E-state index is 7.02. The van der Waals surface area contributed by atoms with E-state index >= 15 is 0 Å². The van der Waals surface area contributed by atoms with Crippen molar-refractivity contribution in [1.82, 2.24) is 0 Å². The number of hydrogen-bond acceptors (Lipinski definition) is 4. The van der Waals surface area contributed by atoms with Crippen LogP contribution in [-0.2, 0) is 0 Å². The Morgan fingerprint density at radius 3 is 1.95 bits per heavy atom. The molecule has 10 aromatic rings. The lowest BCUT2D eigenvalue weighted by Crippen LogP contribution is -2.59. The zero-order valence-electron chi connectivity index (χ0n) is 30.8. The van der Waals surface area contributed by atoms with Gasteiger partial charge < -0.3 is 19.0 Å². The fraction of sp³-hybridized carbons (Fsp3) is 0. The minimum absolute atomic E-state index is 0.0256. The highest BCUT2D eigenvalue weighted by atomic mass is 16.5. The zero-order valence-corrected chi connectivity index (χ0v) is 30.8. The monoisotopic (exact) mass is 728 g/mol. The summed E-state index contributed by atoms with van der Waals surface area (Å²) in [5.41, 5.74) is 14.3. The highest BCUT2D eigenvalue weighted by Crippen LogP contribution is 2.44. The van der Waals surface area contributed by atoms with E-state index in [1.165, 1.54) is 38.5 Å². The normalized spacial score (nSPS) is 12.6. The van der Waals surface area contributed by atoms with Crippen molar-refractivity contribution >= 4 is 89.9 Å². The Labute approximate surface area is 330 Å². The molecule has 0 fully saturated rings. The SMILES string of the molecule is c1ccc(-c2ccc(N(c3ccc4c(c3)Oc3cccc5c3B4c3c(ccc4ccccc34)N5c3ccccc3)c3ccc4oc5ccccc5c4c3)cc2)cc1. The largest absolute Gasteiger partial charge is 0.458 e. The molecule has 0 N–H and O–H groups in total. The smallest absolute Gasteiger partial charge is 0.257 e. The first kappa shape index (κ1) is 31.8. The van der Waals surface area contributed by atoms with E-state index in [9.17, 15) is 0 Å². The predicted molar refractivity (Wildman–Crippen MR) is 237 cm³/mol. The molecule has 3 heterocycles. The summed E-state index contributed by atoms with van der Waals surface area (Å²) in [5, 5.41) is 4.65. The van der Waals surface area contributed by atoms with Crippen molar-refractivity contribution in [2.24, 2.45) is 0 Å². The maximum absolute atomic E-state index is 7.02. The fourth-order valence-corrected chi connectivity index (χ4v) is 9.17. The van der Waals surface area contributed by atoms with Crippen LogP contribution in [0.3, 0.4) is 0 Å². The molecule has 2 aliphatic rings. The van der Waals surface area contributed by atoms with Crippen molar-refractivity contribution < 1.29 is 9.15 Å². The molecule has 0 unspecified atom stereocenters. The van der Waals surface area contributed by atoms with Crippen LogP contribution >= 0.6 is 0 Å². The number of hydrogen-bond donors (Lipinski definition) is 0. The van der Waals surface area contributed by atoms with Gasteiger partial charge in [0.25, 0.3) is 6.71 Å². The van der Waals surface area contributed by atoms with Gasteiger partial charge in [-0.25, -0.2) is 0 Å². The van der Waals surface area contributed by atoms with Crippen LogP contribution in [0.25, 0.3) is 43.8 Å². The van der Waals surface area contributed by atoms with Gasteiger partial charge in [0.1, 0.15) is 22.7 Å². The third-order valence-corrected chi connectivity index (χ3v) is 11.7. The Kier molecular flexibility index (Phi) is 6.99. The van der Waals surface area contributed by atoms with E-state index in [1.54, 1.807) is 0 Å². The van der Waals surface area contributed by atoms with Crippen LogP contribution < -0.4 is 30.9 Å². The summed E-state index contributed by atoms with van der Waals surface area (Å²) in [4.78, 5) is 4.73. The van der Waals surface area contributed by atoms with E-state index in [0.717, 1.165) is 67.3 Å². The van der Waals surface area contributed by atoms with Crippen LogP contribution in [0, 0.1) is 0 Å². The van der Waals surface area contributed by atoms with Gasteiger partial charge in [-0.3, -0.25) is 0 Å². The Morgan fingerprint density at radius 1 is 0.421 bits per heavy atom. The van der Waals surface area contributed by atoms with Gasteiger partial charge in [0.05, 0.1) is 0 Å². The van der Waals surface area contributed by atoms with E-state index in [4.69, 9.17) is 9.15 Å². The second-order valence-electron chi connectivity index (χ2n) is 14.9. The molecule has 57 heavy (non-hydrogen) atoms. The van der Waals surface area contributed by atoms with Crippen LogP contribution in [0.1, 0.15) is 0 Å². The molecule has 2 aliphatic heterocycles. The van der Waals surface area contributed by atoms with Gasteiger partial charge in [0, 0.05) is 51.0 Å². The molecule has 0 atom stereocenters. The van der Waals surface area contributed by atoms with Crippen LogP contribution in [0.2, 0.25) is 0 Å². The molecule has 4 nitrogen and oxygen atoms in total. The van der Waals surface area contributed by atoms with Crippen molar-refractivity contribution in [3.05, 3.63) is 200 Å². The van der Waals surface area contributed by atoms with E-state index in [2.05, 4.69) is 198 Å². The quantitative estimate of drug-likeness (QED) is 0.165. The molecule has 0 bridgehead atoms. The van der Waals surface area contributed by atoms with Crippen molar-refractivity contribution in [3.8, 4) is 22.6 Å². The van der Waals surface area contributed by atoms with Crippen LogP contribution in [0.4, 0.5) is 34.1 Å². The highest BCUT2D eigenvalue weighted by Gasteiger charge is 2.42. The first-order chi connectivity index (χ1) is 28.3. The third-order valence-electron chi connectivity index (χ3n) is 11.7. The molecule has 266 valence electrons. The lowest BCUT2D eigenvalue weighted by Gasteiger charge is -2.40.